The molecule has 0 aliphatic carbocycles. The molecule has 4 rings (SSSR count). The molecule has 0 saturated carbocycles. The third-order valence-corrected chi connectivity index (χ3v) is 5.78. The van der Waals surface area contributed by atoms with E-state index in [1.54, 1.807) is 17.2 Å². The summed E-state index contributed by atoms with van der Waals surface area (Å²) in [5, 5.41) is -0.405. The van der Waals surface area contributed by atoms with Crippen LogP contribution in [-0.4, -0.2) is 64.6 Å². The maximum atomic E-state index is 12.7. The minimum atomic E-state index is -0.413. The van der Waals surface area contributed by atoms with E-state index in [0.29, 0.717) is 31.1 Å². The standard InChI is InChI=1S/C21H20N4O3S/c26-19(24-12-10-23(11-13-24)18-8-4-5-9-22-18)15-25-20(27)17(29-21(25)28)14-16-6-2-1-3-7-16/h1-9,14H,10-13,15H2/b17-14+. The number of nitrogens with zero attached hydrogens (tertiary/aromatic N) is 4. The van der Waals surface area contributed by atoms with E-state index >= 15 is 0 Å². The van der Waals surface area contributed by atoms with Crippen LogP contribution in [0.4, 0.5) is 10.6 Å². The van der Waals surface area contributed by atoms with E-state index in [-0.39, 0.29) is 12.5 Å². The fraction of sp³-hybridized carbons (Fsp3) is 0.238. The average molecular weight is 408 g/mol. The van der Waals surface area contributed by atoms with Gasteiger partial charge in [-0.15, -0.1) is 0 Å². The number of imide groups is 1. The summed E-state index contributed by atoms with van der Waals surface area (Å²) >= 11 is 0.874. The number of benzene rings is 1. The Hall–Kier alpha value is -3.13. The van der Waals surface area contributed by atoms with Crippen molar-refractivity contribution in [3.63, 3.8) is 0 Å². The van der Waals surface area contributed by atoms with Gasteiger partial charge in [-0.05, 0) is 35.5 Å². The molecule has 2 fully saturated rings. The van der Waals surface area contributed by atoms with Crippen LogP contribution in [0.25, 0.3) is 6.08 Å². The van der Waals surface area contributed by atoms with Gasteiger partial charge in [-0.2, -0.15) is 0 Å². The highest BCUT2D eigenvalue weighted by molar-refractivity contribution is 8.18. The molecule has 1 aromatic heterocycles. The van der Waals surface area contributed by atoms with E-state index in [0.717, 1.165) is 28.0 Å². The number of pyridine rings is 1. The molecular weight excluding hydrogens is 388 g/mol. The van der Waals surface area contributed by atoms with Gasteiger partial charge in [-0.3, -0.25) is 19.3 Å². The fourth-order valence-electron chi connectivity index (χ4n) is 3.30. The number of rotatable bonds is 4. The van der Waals surface area contributed by atoms with Crippen LogP contribution in [-0.2, 0) is 9.59 Å². The van der Waals surface area contributed by atoms with Crippen molar-refractivity contribution in [2.24, 2.45) is 0 Å². The zero-order valence-corrected chi connectivity index (χ0v) is 16.5. The zero-order valence-electron chi connectivity index (χ0n) is 15.7. The summed E-state index contributed by atoms with van der Waals surface area (Å²) in [6, 6.07) is 15.1. The molecule has 0 N–H and O–H groups in total. The predicted molar refractivity (Wildman–Crippen MR) is 112 cm³/mol. The maximum absolute atomic E-state index is 12.7. The zero-order chi connectivity index (χ0) is 20.2. The van der Waals surface area contributed by atoms with Gasteiger partial charge in [0.15, 0.2) is 0 Å². The molecule has 2 aliphatic rings. The van der Waals surface area contributed by atoms with E-state index in [1.807, 2.05) is 48.5 Å². The second-order valence-corrected chi connectivity index (χ2v) is 7.73. The first-order valence-electron chi connectivity index (χ1n) is 9.36. The lowest BCUT2D eigenvalue weighted by atomic mass is 10.2. The first-order valence-corrected chi connectivity index (χ1v) is 10.2. The molecule has 3 amide bonds. The molecule has 148 valence electrons. The van der Waals surface area contributed by atoms with Crippen molar-refractivity contribution in [1.82, 2.24) is 14.8 Å². The minimum absolute atomic E-state index is 0.214. The number of amides is 3. The number of carbonyl (C=O) groups excluding carboxylic acids is 3. The number of anilines is 1. The quantitative estimate of drug-likeness (QED) is 0.724. The van der Waals surface area contributed by atoms with Crippen LogP contribution in [0.15, 0.2) is 59.6 Å². The number of aromatic nitrogens is 1. The maximum Gasteiger partial charge on any atom is 0.294 e. The Morgan fingerprint density at radius 2 is 1.72 bits per heavy atom. The van der Waals surface area contributed by atoms with E-state index in [2.05, 4.69) is 9.88 Å². The Balaban J connectivity index is 1.36. The van der Waals surface area contributed by atoms with Crippen molar-refractivity contribution in [2.45, 2.75) is 0 Å². The summed E-state index contributed by atoms with van der Waals surface area (Å²) in [4.78, 5) is 47.1. The average Bonchev–Trinajstić information content (AvgIpc) is 3.02. The molecule has 2 aliphatic heterocycles. The molecule has 8 heteroatoms. The van der Waals surface area contributed by atoms with E-state index in [9.17, 15) is 14.4 Å². The first kappa shape index (κ1) is 19.2. The molecule has 29 heavy (non-hydrogen) atoms. The Morgan fingerprint density at radius 1 is 1.00 bits per heavy atom. The van der Waals surface area contributed by atoms with Crippen molar-refractivity contribution in [2.75, 3.05) is 37.6 Å². The van der Waals surface area contributed by atoms with Crippen LogP contribution in [0.2, 0.25) is 0 Å². The largest absolute Gasteiger partial charge is 0.353 e. The van der Waals surface area contributed by atoms with E-state index in [1.165, 1.54) is 0 Å². The van der Waals surface area contributed by atoms with Gasteiger partial charge in [-0.25, -0.2) is 4.98 Å². The van der Waals surface area contributed by atoms with Crippen molar-refractivity contribution >= 4 is 40.7 Å². The lowest BCUT2D eigenvalue weighted by molar-refractivity contribution is -0.136. The van der Waals surface area contributed by atoms with Crippen molar-refractivity contribution < 1.29 is 14.4 Å². The van der Waals surface area contributed by atoms with Gasteiger partial charge in [0.25, 0.3) is 11.1 Å². The normalized spacial score (nSPS) is 18.6. The molecule has 0 unspecified atom stereocenters. The topological polar surface area (TPSA) is 73.8 Å². The van der Waals surface area contributed by atoms with Crippen molar-refractivity contribution in [1.29, 1.82) is 0 Å². The summed E-state index contributed by atoms with van der Waals surface area (Å²) in [6.45, 7) is 2.18. The molecule has 0 atom stereocenters. The Kier molecular flexibility index (Phi) is 5.62. The summed E-state index contributed by atoms with van der Waals surface area (Å²) in [7, 11) is 0. The number of carbonyl (C=O) groups is 3. The highest BCUT2D eigenvalue weighted by Gasteiger charge is 2.37. The predicted octanol–water partition coefficient (Wildman–Crippen LogP) is 2.47. The van der Waals surface area contributed by atoms with Crippen LogP contribution in [0.3, 0.4) is 0 Å². The van der Waals surface area contributed by atoms with Crippen molar-refractivity contribution in [3.05, 3.63) is 65.2 Å². The highest BCUT2D eigenvalue weighted by atomic mass is 32.2. The van der Waals surface area contributed by atoms with Gasteiger partial charge in [0, 0.05) is 32.4 Å². The molecule has 3 heterocycles. The molecule has 7 nitrogen and oxygen atoms in total. The molecule has 0 radical (unpaired) electrons. The SMILES string of the molecule is O=C(CN1C(=O)S/C(=C/c2ccccc2)C1=O)N1CCN(c2ccccn2)CC1. The Morgan fingerprint density at radius 3 is 2.41 bits per heavy atom. The van der Waals surface area contributed by atoms with Gasteiger partial charge in [0.05, 0.1) is 4.91 Å². The van der Waals surface area contributed by atoms with E-state index < -0.39 is 11.1 Å². The summed E-state index contributed by atoms with van der Waals surface area (Å²) in [5.74, 6) is 0.259. The monoisotopic (exact) mass is 408 g/mol. The molecule has 0 bridgehead atoms. The van der Waals surface area contributed by atoms with Crippen LogP contribution in [0.1, 0.15) is 5.56 Å². The van der Waals surface area contributed by atoms with Crippen LogP contribution < -0.4 is 4.90 Å². The first-order chi connectivity index (χ1) is 14.1. The molecule has 2 aromatic rings. The van der Waals surface area contributed by atoms with Gasteiger partial charge < -0.3 is 9.80 Å². The Labute approximate surface area is 173 Å². The number of piperazine rings is 1. The van der Waals surface area contributed by atoms with Gasteiger partial charge >= 0.3 is 0 Å². The number of thioether (sulfide) groups is 1. The lowest BCUT2D eigenvalue weighted by Gasteiger charge is -2.35. The third-order valence-electron chi connectivity index (χ3n) is 4.87. The van der Waals surface area contributed by atoms with E-state index in [4.69, 9.17) is 0 Å². The van der Waals surface area contributed by atoms with Crippen LogP contribution >= 0.6 is 11.8 Å². The molecular formula is C21H20N4O3S. The Bertz CT molecular complexity index is 941. The summed E-state index contributed by atoms with van der Waals surface area (Å²) in [5.41, 5.74) is 0.843. The summed E-state index contributed by atoms with van der Waals surface area (Å²) in [6.07, 6.45) is 3.43. The summed E-state index contributed by atoms with van der Waals surface area (Å²) < 4.78 is 0. The molecule has 1 aromatic carbocycles. The highest BCUT2D eigenvalue weighted by Crippen LogP contribution is 2.32. The van der Waals surface area contributed by atoms with Crippen LogP contribution in [0.5, 0.6) is 0 Å². The van der Waals surface area contributed by atoms with Gasteiger partial charge in [0.2, 0.25) is 5.91 Å². The molecule has 0 spiro atoms. The second kappa shape index (κ2) is 8.48. The number of hydrogen-bond acceptors (Lipinski definition) is 6. The van der Waals surface area contributed by atoms with Gasteiger partial charge in [-0.1, -0.05) is 36.4 Å². The van der Waals surface area contributed by atoms with Gasteiger partial charge in [0.1, 0.15) is 12.4 Å². The molecule has 2 saturated heterocycles. The third kappa shape index (κ3) is 4.32. The minimum Gasteiger partial charge on any atom is -0.353 e. The lowest BCUT2D eigenvalue weighted by Crippen LogP contribution is -2.51. The van der Waals surface area contributed by atoms with Crippen molar-refractivity contribution in [3.8, 4) is 0 Å². The smallest absolute Gasteiger partial charge is 0.294 e. The van der Waals surface area contributed by atoms with Crippen LogP contribution in [0, 0.1) is 0 Å². The number of hydrogen-bond donors (Lipinski definition) is 0. The second-order valence-electron chi connectivity index (χ2n) is 6.73. The fourth-order valence-corrected chi connectivity index (χ4v) is 4.14.